The first-order valence-corrected chi connectivity index (χ1v) is 12.0. The van der Waals surface area contributed by atoms with Gasteiger partial charge in [-0.2, -0.15) is 0 Å². The quantitative estimate of drug-likeness (QED) is 0.691. The fourth-order valence-electron chi connectivity index (χ4n) is 8.19. The number of rotatable bonds is 2. The Morgan fingerprint density at radius 1 is 1.14 bits per heavy atom. The van der Waals surface area contributed by atoms with Gasteiger partial charge in [-0.3, -0.25) is 4.79 Å². The number of fused-ring (bicyclic) bond motifs is 5. The standard InChI is InChI=1S/C24H38N2O3/c1-15-12-18-19-4-5-21(27)22(19,2)9-7-20(18)23(3)10-6-16(13-24(15,23)28)26-29-17-8-11-25-14-17/h15,17-20,25,28H,4-14H2,1-3H3/b26-16+/t15-,17-,18-,19-,20-,22-,23+,24-/m0/s1. The topological polar surface area (TPSA) is 70.9 Å². The predicted octanol–water partition coefficient (Wildman–Crippen LogP) is 3.69. The summed E-state index contributed by atoms with van der Waals surface area (Å²) >= 11 is 0. The normalized spacial score (nSPS) is 53.4. The van der Waals surface area contributed by atoms with Gasteiger partial charge in [0.05, 0.1) is 11.3 Å². The Morgan fingerprint density at radius 2 is 1.97 bits per heavy atom. The minimum absolute atomic E-state index is 0.0871. The summed E-state index contributed by atoms with van der Waals surface area (Å²) in [6.45, 7) is 8.69. The average Bonchev–Trinajstić information content (AvgIpc) is 3.31. The number of Topliss-reactive ketones (excluding diaryl/α,β-unsaturated/α-hetero) is 1. The molecule has 5 rings (SSSR count). The lowest BCUT2D eigenvalue weighted by Gasteiger charge is -2.65. The van der Waals surface area contributed by atoms with Crippen LogP contribution in [0.2, 0.25) is 0 Å². The van der Waals surface area contributed by atoms with Gasteiger partial charge >= 0.3 is 0 Å². The molecule has 4 saturated carbocycles. The first kappa shape index (κ1) is 20.0. The van der Waals surface area contributed by atoms with E-state index >= 15 is 0 Å². The van der Waals surface area contributed by atoms with Gasteiger partial charge in [-0.25, -0.2) is 0 Å². The van der Waals surface area contributed by atoms with E-state index in [1.807, 2.05) is 0 Å². The summed E-state index contributed by atoms with van der Waals surface area (Å²) in [6.07, 6.45) is 8.72. The summed E-state index contributed by atoms with van der Waals surface area (Å²) in [6, 6.07) is 0. The highest BCUT2D eigenvalue weighted by atomic mass is 16.6. The third-order valence-electron chi connectivity index (χ3n) is 10.1. The fraction of sp³-hybridized carbons (Fsp3) is 0.917. The molecule has 8 atom stereocenters. The summed E-state index contributed by atoms with van der Waals surface area (Å²) in [4.78, 5) is 18.5. The summed E-state index contributed by atoms with van der Waals surface area (Å²) in [7, 11) is 0. The van der Waals surface area contributed by atoms with Crippen LogP contribution in [0, 0.1) is 34.5 Å². The number of carbonyl (C=O) groups is 1. The summed E-state index contributed by atoms with van der Waals surface area (Å²) in [5.74, 6) is 2.35. The van der Waals surface area contributed by atoms with Crippen LogP contribution in [0.15, 0.2) is 5.16 Å². The molecule has 0 amide bonds. The monoisotopic (exact) mass is 402 g/mol. The summed E-state index contributed by atoms with van der Waals surface area (Å²) < 4.78 is 0. The molecule has 4 aliphatic carbocycles. The molecule has 0 aromatic heterocycles. The molecule has 0 unspecified atom stereocenters. The molecule has 1 aliphatic heterocycles. The molecule has 29 heavy (non-hydrogen) atoms. The molecule has 5 nitrogen and oxygen atoms in total. The Labute approximate surface area is 175 Å². The number of ketones is 1. The van der Waals surface area contributed by atoms with Gasteiger partial charge in [-0.05, 0) is 68.7 Å². The van der Waals surface area contributed by atoms with E-state index in [0.717, 1.165) is 70.2 Å². The van der Waals surface area contributed by atoms with Crippen molar-refractivity contribution in [3.05, 3.63) is 0 Å². The smallest absolute Gasteiger partial charge is 0.141 e. The lowest BCUT2D eigenvalue weighted by molar-refractivity contribution is -0.214. The van der Waals surface area contributed by atoms with E-state index in [2.05, 4.69) is 31.2 Å². The van der Waals surface area contributed by atoms with E-state index in [9.17, 15) is 9.90 Å². The van der Waals surface area contributed by atoms with Gasteiger partial charge in [0.15, 0.2) is 0 Å². The molecule has 2 N–H and O–H groups in total. The van der Waals surface area contributed by atoms with Crippen molar-refractivity contribution in [3.8, 4) is 0 Å². The highest BCUT2D eigenvalue weighted by Crippen LogP contribution is 2.67. The lowest BCUT2D eigenvalue weighted by Crippen LogP contribution is -2.65. The van der Waals surface area contributed by atoms with Crippen LogP contribution in [-0.2, 0) is 9.63 Å². The van der Waals surface area contributed by atoms with E-state index < -0.39 is 5.60 Å². The van der Waals surface area contributed by atoms with Gasteiger partial charge in [0, 0.05) is 36.6 Å². The zero-order valence-electron chi connectivity index (χ0n) is 18.4. The molecule has 0 spiro atoms. The van der Waals surface area contributed by atoms with Gasteiger partial charge in [0.2, 0.25) is 0 Å². The van der Waals surface area contributed by atoms with Gasteiger partial charge in [0.25, 0.3) is 0 Å². The van der Waals surface area contributed by atoms with Crippen molar-refractivity contribution in [2.45, 2.75) is 90.3 Å². The van der Waals surface area contributed by atoms with Crippen LogP contribution in [0.4, 0.5) is 0 Å². The van der Waals surface area contributed by atoms with Crippen LogP contribution in [0.1, 0.15) is 78.6 Å². The van der Waals surface area contributed by atoms with Crippen LogP contribution in [-0.4, -0.2) is 41.4 Å². The molecule has 0 aromatic rings. The van der Waals surface area contributed by atoms with Crippen molar-refractivity contribution >= 4 is 11.5 Å². The third-order valence-corrected chi connectivity index (χ3v) is 10.1. The van der Waals surface area contributed by atoms with Crippen LogP contribution in [0.3, 0.4) is 0 Å². The van der Waals surface area contributed by atoms with Crippen LogP contribution < -0.4 is 5.32 Å². The maximum absolute atomic E-state index is 12.7. The minimum Gasteiger partial charge on any atom is -0.391 e. The summed E-state index contributed by atoms with van der Waals surface area (Å²) in [5, 5.41) is 19.9. The Hall–Kier alpha value is -0.940. The third kappa shape index (κ3) is 2.79. The molecule has 1 saturated heterocycles. The molecular formula is C24H38N2O3. The second-order valence-electron chi connectivity index (χ2n) is 11.3. The number of nitrogens with one attached hydrogen (secondary N) is 1. The maximum Gasteiger partial charge on any atom is 0.141 e. The molecule has 0 bridgehead atoms. The van der Waals surface area contributed by atoms with Crippen LogP contribution >= 0.6 is 0 Å². The minimum atomic E-state index is -0.709. The zero-order chi connectivity index (χ0) is 20.4. The van der Waals surface area contributed by atoms with Gasteiger partial charge in [-0.15, -0.1) is 0 Å². The first-order valence-electron chi connectivity index (χ1n) is 12.0. The van der Waals surface area contributed by atoms with E-state index in [-0.39, 0.29) is 22.9 Å². The van der Waals surface area contributed by atoms with E-state index in [1.54, 1.807) is 0 Å². The van der Waals surface area contributed by atoms with E-state index in [4.69, 9.17) is 4.84 Å². The van der Waals surface area contributed by atoms with E-state index in [1.165, 1.54) is 0 Å². The van der Waals surface area contributed by atoms with Crippen molar-refractivity contribution in [2.75, 3.05) is 13.1 Å². The van der Waals surface area contributed by atoms with Crippen molar-refractivity contribution in [1.29, 1.82) is 0 Å². The highest BCUT2D eigenvalue weighted by molar-refractivity contribution is 5.87. The van der Waals surface area contributed by atoms with Crippen molar-refractivity contribution in [2.24, 2.45) is 39.7 Å². The molecule has 0 aromatic carbocycles. The number of nitrogens with zero attached hydrogens (tertiary/aromatic N) is 1. The predicted molar refractivity (Wildman–Crippen MR) is 113 cm³/mol. The largest absolute Gasteiger partial charge is 0.391 e. The highest BCUT2D eigenvalue weighted by Gasteiger charge is 2.66. The molecule has 5 aliphatic rings. The molecule has 5 fully saturated rings. The van der Waals surface area contributed by atoms with Gasteiger partial charge in [0.1, 0.15) is 11.9 Å². The maximum atomic E-state index is 12.7. The number of hydrogen-bond donors (Lipinski definition) is 2. The second-order valence-corrected chi connectivity index (χ2v) is 11.3. The van der Waals surface area contributed by atoms with Crippen molar-refractivity contribution < 1.29 is 14.7 Å². The van der Waals surface area contributed by atoms with E-state index in [0.29, 0.717) is 30.0 Å². The number of aliphatic hydroxyl groups is 1. The average molecular weight is 403 g/mol. The Morgan fingerprint density at radius 3 is 2.72 bits per heavy atom. The van der Waals surface area contributed by atoms with Crippen molar-refractivity contribution in [3.63, 3.8) is 0 Å². The summed E-state index contributed by atoms with van der Waals surface area (Å²) in [5.41, 5.74) is 0.144. The van der Waals surface area contributed by atoms with Gasteiger partial charge in [-0.1, -0.05) is 25.9 Å². The molecule has 5 heteroatoms. The Bertz CT molecular complexity index is 717. The molecular weight excluding hydrogens is 364 g/mol. The number of hydrogen-bond acceptors (Lipinski definition) is 5. The fourth-order valence-corrected chi connectivity index (χ4v) is 8.19. The molecule has 162 valence electrons. The number of carbonyl (C=O) groups excluding carboxylic acids is 1. The van der Waals surface area contributed by atoms with Crippen LogP contribution in [0.5, 0.6) is 0 Å². The Balaban J connectivity index is 1.39. The first-order chi connectivity index (χ1) is 13.8. The lowest BCUT2D eigenvalue weighted by atomic mass is 9.41. The van der Waals surface area contributed by atoms with Crippen molar-refractivity contribution in [1.82, 2.24) is 5.32 Å². The number of oxime groups is 1. The molecule has 0 radical (unpaired) electrons. The zero-order valence-corrected chi connectivity index (χ0v) is 18.4. The van der Waals surface area contributed by atoms with Gasteiger partial charge < -0.3 is 15.3 Å². The Kier molecular flexibility index (Phi) is 4.67. The second kappa shape index (κ2) is 6.78. The SMILES string of the molecule is C[C@H]1C[C@H]2[C@@H]3CCC(=O)[C@@]3(C)CC[C@@H]2[C@@]2(C)CC/C(=N\O[C@H]3CCNC3)C[C@]12O. The molecule has 1 heterocycles. The van der Waals surface area contributed by atoms with Crippen LogP contribution in [0.25, 0.3) is 0 Å².